The van der Waals surface area contributed by atoms with Crippen LogP contribution in [0.4, 0.5) is 0 Å². The van der Waals surface area contributed by atoms with E-state index in [0.717, 1.165) is 36.3 Å². The second kappa shape index (κ2) is 9.01. The Bertz CT molecular complexity index is 921. The number of morpholine rings is 1. The Balaban J connectivity index is 1.22. The Labute approximate surface area is 184 Å². The third-order valence-corrected chi connectivity index (χ3v) is 6.99. The average Bonchev–Trinajstić information content (AvgIpc) is 3.42. The number of ether oxygens (including phenoxy) is 2. The van der Waals surface area contributed by atoms with Gasteiger partial charge in [0, 0.05) is 37.7 Å². The van der Waals surface area contributed by atoms with Gasteiger partial charge in [-0.05, 0) is 73.7 Å². The SMILES string of the molecule is CC1CCCN1CCC1Cc2cc(-c3ccc(C(=O)N4CCOCC4)cc3)ccc2O1. The summed E-state index contributed by atoms with van der Waals surface area (Å²) in [7, 11) is 0. The van der Waals surface area contributed by atoms with Crippen molar-refractivity contribution in [1.82, 2.24) is 9.80 Å². The fourth-order valence-corrected chi connectivity index (χ4v) is 5.05. The van der Waals surface area contributed by atoms with E-state index in [1.165, 1.54) is 30.5 Å². The summed E-state index contributed by atoms with van der Waals surface area (Å²) >= 11 is 0. The van der Waals surface area contributed by atoms with Gasteiger partial charge in [0.2, 0.25) is 0 Å². The van der Waals surface area contributed by atoms with E-state index in [1.807, 2.05) is 17.0 Å². The first-order chi connectivity index (χ1) is 15.2. The van der Waals surface area contributed by atoms with Gasteiger partial charge in [-0.1, -0.05) is 18.2 Å². The summed E-state index contributed by atoms with van der Waals surface area (Å²) in [5.41, 5.74) is 4.36. The lowest BCUT2D eigenvalue weighted by Crippen LogP contribution is -2.40. The van der Waals surface area contributed by atoms with E-state index in [2.05, 4.69) is 42.2 Å². The minimum absolute atomic E-state index is 0.0902. The largest absolute Gasteiger partial charge is 0.490 e. The van der Waals surface area contributed by atoms with Crippen molar-refractivity contribution >= 4 is 5.91 Å². The molecule has 2 saturated heterocycles. The fourth-order valence-electron chi connectivity index (χ4n) is 5.05. The normalized spacial score (nSPS) is 23.6. The van der Waals surface area contributed by atoms with E-state index >= 15 is 0 Å². The molecule has 3 aliphatic rings. The zero-order valence-electron chi connectivity index (χ0n) is 18.4. The summed E-state index contributed by atoms with van der Waals surface area (Å²) in [5, 5.41) is 0. The van der Waals surface area contributed by atoms with Crippen molar-refractivity contribution in [2.24, 2.45) is 0 Å². The highest BCUT2D eigenvalue weighted by Gasteiger charge is 2.26. The van der Waals surface area contributed by atoms with Crippen LogP contribution in [0.2, 0.25) is 0 Å². The first-order valence-electron chi connectivity index (χ1n) is 11.7. The number of nitrogens with zero attached hydrogens (tertiary/aromatic N) is 2. The molecule has 0 spiro atoms. The molecule has 2 fully saturated rings. The quantitative estimate of drug-likeness (QED) is 0.733. The Kier molecular flexibility index (Phi) is 5.97. The average molecular weight is 421 g/mol. The minimum atomic E-state index is 0.0902. The molecule has 3 aliphatic heterocycles. The molecule has 1 amide bonds. The van der Waals surface area contributed by atoms with Crippen molar-refractivity contribution < 1.29 is 14.3 Å². The van der Waals surface area contributed by atoms with Crippen LogP contribution in [-0.2, 0) is 11.2 Å². The predicted molar refractivity (Wildman–Crippen MR) is 122 cm³/mol. The van der Waals surface area contributed by atoms with Crippen molar-refractivity contribution in [2.75, 3.05) is 39.4 Å². The lowest BCUT2D eigenvalue weighted by atomic mass is 9.99. The van der Waals surface area contributed by atoms with Gasteiger partial charge in [0.05, 0.1) is 13.2 Å². The van der Waals surface area contributed by atoms with Crippen LogP contribution in [0.5, 0.6) is 5.75 Å². The van der Waals surface area contributed by atoms with Crippen LogP contribution in [0.15, 0.2) is 42.5 Å². The molecule has 5 heteroatoms. The summed E-state index contributed by atoms with van der Waals surface area (Å²) in [5.74, 6) is 1.12. The number of likely N-dealkylation sites (tertiary alicyclic amines) is 1. The topological polar surface area (TPSA) is 42.0 Å². The number of carbonyl (C=O) groups is 1. The molecule has 3 heterocycles. The molecular formula is C26H32N2O3. The smallest absolute Gasteiger partial charge is 0.254 e. The highest BCUT2D eigenvalue weighted by atomic mass is 16.5. The van der Waals surface area contributed by atoms with Gasteiger partial charge in [-0.2, -0.15) is 0 Å². The Hall–Kier alpha value is -2.37. The van der Waals surface area contributed by atoms with Gasteiger partial charge in [0.1, 0.15) is 11.9 Å². The first kappa shape index (κ1) is 20.5. The summed E-state index contributed by atoms with van der Waals surface area (Å²) in [6, 6.07) is 15.2. The molecule has 164 valence electrons. The number of rotatable bonds is 5. The van der Waals surface area contributed by atoms with Gasteiger partial charge >= 0.3 is 0 Å². The molecule has 2 aromatic carbocycles. The van der Waals surface area contributed by atoms with Crippen LogP contribution in [0.3, 0.4) is 0 Å². The molecule has 0 radical (unpaired) electrons. The molecule has 5 nitrogen and oxygen atoms in total. The fraction of sp³-hybridized carbons (Fsp3) is 0.500. The second-order valence-corrected chi connectivity index (χ2v) is 9.06. The molecule has 0 N–H and O–H groups in total. The van der Waals surface area contributed by atoms with Crippen LogP contribution in [0.25, 0.3) is 11.1 Å². The Morgan fingerprint density at radius 2 is 1.81 bits per heavy atom. The summed E-state index contributed by atoms with van der Waals surface area (Å²) in [6.07, 6.45) is 5.01. The molecule has 2 unspecified atom stereocenters. The van der Waals surface area contributed by atoms with E-state index in [0.29, 0.717) is 32.3 Å². The van der Waals surface area contributed by atoms with E-state index < -0.39 is 0 Å². The van der Waals surface area contributed by atoms with Gasteiger partial charge < -0.3 is 19.3 Å². The van der Waals surface area contributed by atoms with Crippen LogP contribution >= 0.6 is 0 Å². The number of carbonyl (C=O) groups excluding carboxylic acids is 1. The van der Waals surface area contributed by atoms with Gasteiger partial charge in [0.15, 0.2) is 0 Å². The Morgan fingerprint density at radius 1 is 1.03 bits per heavy atom. The molecule has 2 aromatic rings. The predicted octanol–water partition coefficient (Wildman–Crippen LogP) is 4.00. The zero-order valence-corrected chi connectivity index (χ0v) is 18.4. The maximum absolute atomic E-state index is 12.7. The molecule has 0 saturated carbocycles. The highest BCUT2D eigenvalue weighted by Crippen LogP contribution is 2.34. The van der Waals surface area contributed by atoms with Gasteiger partial charge in [-0.15, -0.1) is 0 Å². The van der Waals surface area contributed by atoms with Crippen LogP contribution in [-0.4, -0.2) is 67.2 Å². The third-order valence-electron chi connectivity index (χ3n) is 6.99. The van der Waals surface area contributed by atoms with Crippen molar-refractivity contribution in [3.8, 4) is 16.9 Å². The molecule has 0 aromatic heterocycles. The van der Waals surface area contributed by atoms with Crippen LogP contribution < -0.4 is 4.74 Å². The molecule has 2 atom stereocenters. The van der Waals surface area contributed by atoms with E-state index in [9.17, 15) is 4.79 Å². The van der Waals surface area contributed by atoms with E-state index in [-0.39, 0.29) is 12.0 Å². The highest BCUT2D eigenvalue weighted by molar-refractivity contribution is 5.94. The summed E-state index contributed by atoms with van der Waals surface area (Å²) < 4.78 is 11.6. The van der Waals surface area contributed by atoms with Crippen molar-refractivity contribution in [3.63, 3.8) is 0 Å². The number of amides is 1. The standard InChI is InChI=1S/C26H32N2O3/c1-19-3-2-11-27(19)12-10-24-18-23-17-22(8-9-25(23)31-24)20-4-6-21(7-5-20)26(29)28-13-15-30-16-14-28/h4-9,17,19,24H,2-3,10-16,18H2,1H3. The minimum Gasteiger partial charge on any atom is -0.490 e. The number of hydrogen-bond acceptors (Lipinski definition) is 4. The number of benzene rings is 2. The summed E-state index contributed by atoms with van der Waals surface area (Å²) in [4.78, 5) is 17.1. The number of fused-ring (bicyclic) bond motifs is 1. The van der Waals surface area contributed by atoms with Crippen LogP contribution in [0.1, 0.15) is 42.1 Å². The molecule has 0 bridgehead atoms. The lowest BCUT2D eigenvalue weighted by Gasteiger charge is -2.26. The maximum Gasteiger partial charge on any atom is 0.254 e. The third kappa shape index (κ3) is 4.48. The molecule has 0 aliphatic carbocycles. The van der Waals surface area contributed by atoms with Gasteiger partial charge in [-0.3, -0.25) is 4.79 Å². The first-order valence-corrected chi connectivity index (χ1v) is 11.7. The Morgan fingerprint density at radius 3 is 2.55 bits per heavy atom. The van der Waals surface area contributed by atoms with E-state index in [1.54, 1.807) is 0 Å². The van der Waals surface area contributed by atoms with Gasteiger partial charge in [-0.25, -0.2) is 0 Å². The number of hydrogen-bond donors (Lipinski definition) is 0. The van der Waals surface area contributed by atoms with Gasteiger partial charge in [0.25, 0.3) is 5.91 Å². The second-order valence-electron chi connectivity index (χ2n) is 9.06. The zero-order chi connectivity index (χ0) is 21.2. The lowest BCUT2D eigenvalue weighted by molar-refractivity contribution is 0.0303. The van der Waals surface area contributed by atoms with Crippen molar-refractivity contribution in [2.45, 2.75) is 44.8 Å². The maximum atomic E-state index is 12.7. The summed E-state index contributed by atoms with van der Waals surface area (Å²) in [6.45, 7) is 7.29. The van der Waals surface area contributed by atoms with E-state index in [4.69, 9.17) is 9.47 Å². The van der Waals surface area contributed by atoms with Crippen molar-refractivity contribution in [3.05, 3.63) is 53.6 Å². The van der Waals surface area contributed by atoms with Crippen LogP contribution in [0, 0.1) is 0 Å². The van der Waals surface area contributed by atoms with Crippen molar-refractivity contribution in [1.29, 1.82) is 0 Å². The monoisotopic (exact) mass is 420 g/mol. The molecule has 31 heavy (non-hydrogen) atoms. The molecule has 5 rings (SSSR count). The molecular weight excluding hydrogens is 388 g/mol.